The van der Waals surface area contributed by atoms with Gasteiger partial charge in [0.2, 0.25) is 0 Å². The molecule has 0 saturated heterocycles. The lowest BCUT2D eigenvalue weighted by molar-refractivity contribution is 0.966. The van der Waals surface area contributed by atoms with Gasteiger partial charge in [-0.25, -0.2) is 0 Å². The van der Waals surface area contributed by atoms with E-state index in [2.05, 4.69) is 17.1 Å². The van der Waals surface area contributed by atoms with Crippen LogP contribution >= 0.6 is 23.2 Å². The van der Waals surface area contributed by atoms with Crippen LogP contribution in [0.5, 0.6) is 0 Å². The lowest BCUT2D eigenvalue weighted by Gasteiger charge is -2.03. The quantitative estimate of drug-likeness (QED) is 0.673. The molecule has 98 valence electrons. The second kappa shape index (κ2) is 6.60. The minimum atomic E-state index is 0.481. The Hall–Kier alpha value is -1.51. The number of aliphatic imine (C=N–C) groups is 1. The van der Waals surface area contributed by atoms with Gasteiger partial charge < -0.3 is 5.73 Å². The SMILES string of the molecule is NC(=NCCc1ccccc1)c1ccc(Cl)c(Cl)c1. The van der Waals surface area contributed by atoms with E-state index < -0.39 is 0 Å². The monoisotopic (exact) mass is 292 g/mol. The van der Waals surface area contributed by atoms with Crippen LogP contribution in [0.1, 0.15) is 11.1 Å². The van der Waals surface area contributed by atoms with E-state index in [0.29, 0.717) is 22.4 Å². The fourth-order valence-corrected chi connectivity index (χ4v) is 1.99. The maximum Gasteiger partial charge on any atom is 0.125 e. The zero-order valence-electron chi connectivity index (χ0n) is 10.3. The number of hydrogen-bond donors (Lipinski definition) is 1. The van der Waals surface area contributed by atoms with Gasteiger partial charge in [-0.05, 0) is 30.2 Å². The van der Waals surface area contributed by atoms with Gasteiger partial charge in [0.05, 0.1) is 10.0 Å². The molecule has 0 fully saturated rings. The van der Waals surface area contributed by atoms with Crippen LogP contribution in [0.3, 0.4) is 0 Å². The molecule has 0 aliphatic heterocycles. The minimum Gasteiger partial charge on any atom is -0.384 e. The third-order valence-corrected chi connectivity index (χ3v) is 3.48. The Morgan fingerprint density at radius 3 is 2.42 bits per heavy atom. The molecule has 0 aliphatic carbocycles. The number of rotatable bonds is 4. The number of nitrogens with two attached hydrogens (primary N) is 1. The summed E-state index contributed by atoms with van der Waals surface area (Å²) in [6.07, 6.45) is 0.864. The highest BCUT2D eigenvalue weighted by atomic mass is 35.5. The summed E-state index contributed by atoms with van der Waals surface area (Å²) in [4.78, 5) is 4.35. The number of benzene rings is 2. The molecule has 0 amide bonds. The van der Waals surface area contributed by atoms with E-state index >= 15 is 0 Å². The lowest BCUT2D eigenvalue weighted by atomic mass is 10.1. The van der Waals surface area contributed by atoms with Crippen LogP contribution in [0.15, 0.2) is 53.5 Å². The van der Waals surface area contributed by atoms with Gasteiger partial charge in [-0.1, -0.05) is 53.5 Å². The van der Waals surface area contributed by atoms with E-state index in [1.807, 2.05) is 24.3 Å². The normalized spacial score (nSPS) is 11.6. The van der Waals surface area contributed by atoms with Gasteiger partial charge in [-0.15, -0.1) is 0 Å². The summed E-state index contributed by atoms with van der Waals surface area (Å²) in [6.45, 7) is 0.649. The minimum absolute atomic E-state index is 0.481. The topological polar surface area (TPSA) is 38.4 Å². The van der Waals surface area contributed by atoms with Gasteiger partial charge in [0, 0.05) is 12.1 Å². The largest absolute Gasteiger partial charge is 0.384 e. The van der Waals surface area contributed by atoms with E-state index in [0.717, 1.165) is 12.0 Å². The first kappa shape index (κ1) is 13.9. The molecule has 0 aromatic heterocycles. The van der Waals surface area contributed by atoms with Gasteiger partial charge in [-0.3, -0.25) is 4.99 Å². The highest BCUT2D eigenvalue weighted by Gasteiger charge is 2.02. The molecule has 0 bridgehead atoms. The maximum atomic E-state index is 5.95. The molecule has 0 spiro atoms. The molecule has 0 heterocycles. The first-order valence-electron chi connectivity index (χ1n) is 5.96. The van der Waals surface area contributed by atoms with Crippen LogP contribution in [0.4, 0.5) is 0 Å². The fourth-order valence-electron chi connectivity index (χ4n) is 1.70. The van der Waals surface area contributed by atoms with E-state index in [-0.39, 0.29) is 0 Å². The summed E-state index contributed by atoms with van der Waals surface area (Å²) >= 11 is 11.8. The molecule has 0 aliphatic rings. The molecule has 0 unspecified atom stereocenters. The highest BCUT2D eigenvalue weighted by Crippen LogP contribution is 2.22. The molecule has 2 aromatic rings. The molecular weight excluding hydrogens is 279 g/mol. The Bertz CT molecular complexity index is 580. The van der Waals surface area contributed by atoms with E-state index in [1.54, 1.807) is 12.1 Å². The second-order valence-corrected chi connectivity index (χ2v) is 4.95. The Balaban J connectivity index is 2.01. The summed E-state index contributed by atoms with van der Waals surface area (Å²) in [7, 11) is 0. The first-order valence-corrected chi connectivity index (χ1v) is 6.71. The van der Waals surface area contributed by atoms with Crippen LogP contribution in [-0.2, 0) is 6.42 Å². The zero-order chi connectivity index (χ0) is 13.7. The number of hydrogen-bond acceptors (Lipinski definition) is 1. The Labute approximate surface area is 122 Å². The average Bonchev–Trinajstić information content (AvgIpc) is 2.43. The molecule has 0 saturated carbocycles. The summed E-state index contributed by atoms with van der Waals surface area (Å²) in [5.41, 5.74) is 7.96. The van der Waals surface area contributed by atoms with Crippen LogP contribution < -0.4 is 5.73 Å². The van der Waals surface area contributed by atoms with Crippen LogP contribution in [0.25, 0.3) is 0 Å². The fraction of sp³-hybridized carbons (Fsp3) is 0.133. The Morgan fingerprint density at radius 1 is 1.00 bits per heavy atom. The maximum absolute atomic E-state index is 5.95. The standard InChI is InChI=1S/C15H14Cl2N2/c16-13-7-6-12(10-14(13)17)15(18)19-9-8-11-4-2-1-3-5-11/h1-7,10H,8-9H2,(H2,18,19). The molecule has 2 N–H and O–H groups in total. The van der Waals surface area contributed by atoms with Crippen molar-refractivity contribution in [1.82, 2.24) is 0 Å². The van der Waals surface area contributed by atoms with Crippen molar-refractivity contribution >= 4 is 29.0 Å². The van der Waals surface area contributed by atoms with Gasteiger partial charge in [0.25, 0.3) is 0 Å². The van der Waals surface area contributed by atoms with Crippen molar-refractivity contribution in [3.63, 3.8) is 0 Å². The van der Waals surface area contributed by atoms with Crippen molar-refractivity contribution in [3.8, 4) is 0 Å². The molecule has 0 atom stereocenters. The van der Waals surface area contributed by atoms with Crippen LogP contribution in [-0.4, -0.2) is 12.4 Å². The van der Waals surface area contributed by atoms with Crippen molar-refractivity contribution in [2.75, 3.05) is 6.54 Å². The van der Waals surface area contributed by atoms with Crippen molar-refractivity contribution in [1.29, 1.82) is 0 Å². The van der Waals surface area contributed by atoms with Crippen molar-refractivity contribution in [3.05, 3.63) is 69.7 Å². The molecule has 2 rings (SSSR count). The molecule has 4 heteroatoms. The smallest absolute Gasteiger partial charge is 0.125 e. The predicted molar refractivity (Wildman–Crippen MR) is 82.2 cm³/mol. The van der Waals surface area contributed by atoms with Gasteiger partial charge in [0.15, 0.2) is 0 Å². The van der Waals surface area contributed by atoms with Gasteiger partial charge in [-0.2, -0.15) is 0 Å². The first-order chi connectivity index (χ1) is 9.16. The van der Waals surface area contributed by atoms with Gasteiger partial charge >= 0.3 is 0 Å². The van der Waals surface area contributed by atoms with E-state index in [4.69, 9.17) is 28.9 Å². The summed E-state index contributed by atoms with van der Waals surface area (Å²) in [6, 6.07) is 15.4. The molecule has 0 radical (unpaired) electrons. The second-order valence-electron chi connectivity index (χ2n) is 4.13. The summed E-state index contributed by atoms with van der Waals surface area (Å²) < 4.78 is 0. The summed E-state index contributed by atoms with van der Waals surface area (Å²) in [5.74, 6) is 0.481. The summed E-state index contributed by atoms with van der Waals surface area (Å²) in [5, 5.41) is 1.00. The van der Waals surface area contributed by atoms with E-state index in [9.17, 15) is 0 Å². The highest BCUT2D eigenvalue weighted by molar-refractivity contribution is 6.42. The third kappa shape index (κ3) is 3.98. The van der Waals surface area contributed by atoms with Crippen molar-refractivity contribution < 1.29 is 0 Å². The van der Waals surface area contributed by atoms with Crippen LogP contribution in [0, 0.1) is 0 Å². The number of halogens is 2. The third-order valence-electron chi connectivity index (χ3n) is 2.74. The molecule has 2 aromatic carbocycles. The molecular formula is C15H14Cl2N2. The predicted octanol–water partition coefficient (Wildman–Crippen LogP) is 3.94. The van der Waals surface area contributed by atoms with Crippen LogP contribution in [0.2, 0.25) is 10.0 Å². The average molecular weight is 293 g/mol. The van der Waals surface area contributed by atoms with E-state index in [1.165, 1.54) is 5.56 Å². The molecule has 19 heavy (non-hydrogen) atoms. The zero-order valence-corrected chi connectivity index (χ0v) is 11.8. The Kier molecular flexibility index (Phi) is 4.83. The van der Waals surface area contributed by atoms with Crippen molar-refractivity contribution in [2.45, 2.75) is 6.42 Å². The number of nitrogens with zero attached hydrogens (tertiary/aromatic N) is 1. The lowest BCUT2D eigenvalue weighted by Crippen LogP contribution is -2.14. The van der Waals surface area contributed by atoms with Gasteiger partial charge in [0.1, 0.15) is 5.84 Å². The van der Waals surface area contributed by atoms with Crippen molar-refractivity contribution in [2.24, 2.45) is 10.7 Å². The Morgan fingerprint density at radius 2 is 1.74 bits per heavy atom. The molecule has 2 nitrogen and oxygen atoms in total. The number of amidine groups is 1.